The van der Waals surface area contributed by atoms with Crippen LogP contribution < -0.4 is 0 Å². The maximum Gasteiger partial charge on any atom is 0.208 e. The number of rotatable bonds is 10. The summed E-state index contributed by atoms with van der Waals surface area (Å²) < 4.78 is 5.53. The highest BCUT2D eigenvalue weighted by molar-refractivity contribution is 5.89. The molecule has 1 atom stereocenters. The third kappa shape index (κ3) is 10.8. The molecule has 0 aliphatic carbocycles. The first-order chi connectivity index (χ1) is 11.9. The summed E-state index contributed by atoms with van der Waals surface area (Å²) in [5.41, 5.74) is 5.75. The molecule has 25 heavy (non-hydrogen) atoms. The molecule has 0 spiro atoms. The highest BCUT2D eigenvalue weighted by Gasteiger charge is 2.11. The molecule has 0 saturated heterocycles. The van der Waals surface area contributed by atoms with Crippen LogP contribution in [0.25, 0.3) is 0 Å². The predicted octanol–water partition coefficient (Wildman–Crippen LogP) is 6.95. The zero-order valence-electron chi connectivity index (χ0n) is 17.2. The van der Waals surface area contributed by atoms with Crippen LogP contribution in [0.2, 0.25) is 0 Å². The molecule has 1 rings (SSSR count). The van der Waals surface area contributed by atoms with Gasteiger partial charge in [0.25, 0.3) is 0 Å². The quantitative estimate of drug-likeness (QED) is 0.393. The normalized spacial score (nSPS) is 18.9. The van der Waals surface area contributed by atoms with Crippen LogP contribution in [0.3, 0.4) is 0 Å². The SMILES string of the molecule is CC(C)=CCC/C(C)=C/CC/C(C)=C/CC/C(C)=C/C1=N[C@H](C)CO1. The minimum atomic E-state index is 0.305. The van der Waals surface area contributed by atoms with Gasteiger partial charge in [-0.1, -0.05) is 40.5 Å². The Kier molecular flexibility index (Phi) is 10.2. The van der Waals surface area contributed by atoms with Crippen LogP contribution in [0.1, 0.15) is 80.1 Å². The van der Waals surface area contributed by atoms with Gasteiger partial charge in [0, 0.05) is 0 Å². The van der Waals surface area contributed by atoms with Gasteiger partial charge in [0.1, 0.15) is 6.61 Å². The lowest BCUT2D eigenvalue weighted by atomic mass is 10.0. The summed E-state index contributed by atoms with van der Waals surface area (Å²) in [7, 11) is 0. The topological polar surface area (TPSA) is 21.6 Å². The minimum Gasteiger partial charge on any atom is -0.476 e. The van der Waals surface area contributed by atoms with Crippen molar-refractivity contribution in [2.75, 3.05) is 6.61 Å². The number of ether oxygens (including phenoxy) is 1. The fourth-order valence-corrected chi connectivity index (χ4v) is 2.74. The molecule has 0 radical (unpaired) electrons. The smallest absolute Gasteiger partial charge is 0.208 e. The average molecular weight is 344 g/mol. The fraction of sp³-hybridized carbons (Fsp3) is 0.609. The second-order valence-electron chi connectivity index (χ2n) is 7.62. The van der Waals surface area contributed by atoms with Crippen molar-refractivity contribution in [3.8, 4) is 0 Å². The molecule has 1 heterocycles. The van der Waals surface area contributed by atoms with E-state index < -0.39 is 0 Å². The number of hydrogen-bond acceptors (Lipinski definition) is 2. The van der Waals surface area contributed by atoms with E-state index in [4.69, 9.17) is 4.74 Å². The maximum absolute atomic E-state index is 5.53. The Hall–Kier alpha value is -1.57. The summed E-state index contributed by atoms with van der Waals surface area (Å²) in [5, 5.41) is 0. The molecule has 1 aliphatic rings. The van der Waals surface area contributed by atoms with Crippen LogP contribution in [-0.4, -0.2) is 18.5 Å². The van der Waals surface area contributed by atoms with Crippen LogP contribution in [-0.2, 0) is 4.74 Å². The molecule has 140 valence electrons. The molecule has 0 saturated carbocycles. The summed E-state index contributed by atoms with van der Waals surface area (Å²) in [5.74, 6) is 0.805. The molecule has 2 nitrogen and oxygen atoms in total. The van der Waals surface area contributed by atoms with Crippen LogP contribution in [0.4, 0.5) is 0 Å². The Morgan fingerprint density at radius 1 is 0.880 bits per heavy atom. The van der Waals surface area contributed by atoms with Crippen molar-refractivity contribution < 1.29 is 4.74 Å². The van der Waals surface area contributed by atoms with Crippen molar-refractivity contribution in [2.45, 2.75) is 86.1 Å². The Balaban J connectivity index is 2.26. The molecule has 0 N–H and O–H groups in total. The molecular formula is C23H37NO. The van der Waals surface area contributed by atoms with Gasteiger partial charge in [0.15, 0.2) is 0 Å². The van der Waals surface area contributed by atoms with E-state index in [1.165, 1.54) is 35.1 Å². The van der Waals surface area contributed by atoms with Gasteiger partial charge in [-0.25, -0.2) is 4.99 Å². The van der Waals surface area contributed by atoms with Crippen molar-refractivity contribution in [3.05, 3.63) is 46.6 Å². The van der Waals surface area contributed by atoms with E-state index in [1.807, 2.05) is 0 Å². The largest absolute Gasteiger partial charge is 0.476 e. The third-order valence-electron chi connectivity index (χ3n) is 4.34. The summed E-state index contributed by atoms with van der Waals surface area (Å²) >= 11 is 0. The van der Waals surface area contributed by atoms with Crippen molar-refractivity contribution in [1.29, 1.82) is 0 Å². The fourth-order valence-electron chi connectivity index (χ4n) is 2.74. The lowest BCUT2D eigenvalue weighted by Crippen LogP contribution is -1.99. The van der Waals surface area contributed by atoms with E-state index in [0.29, 0.717) is 6.04 Å². The summed E-state index contributed by atoms with van der Waals surface area (Å²) in [6.45, 7) is 13.8. The first-order valence-corrected chi connectivity index (χ1v) is 9.69. The van der Waals surface area contributed by atoms with E-state index in [2.05, 4.69) is 70.8 Å². The molecule has 0 aromatic heterocycles. The summed E-state index contributed by atoms with van der Waals surface area (Å²) in [4.78, 5) is 4.45. The number of nitrogens with zero attached hydrogens (tertiary/aromatic N) is 1. The van der Waals surface area contributed by atoms with E-state index in [9.17, 15) is 0 Å². The van der Waals surface area contributed by atoms with Gasteiger partial charge in [0.05, 0.1) is 6.04 Å². The van der Waals surface area contributed by atoms with Crippen LogP contribution >= 0.6 is 0 Å². The lowest BCUT2D eigenvalue weighted by Gasteiger charge is -2.03. The molecule has 0 aromatic rings. The standard InChI is InChI=1S/C23H37NO/c1-18(2)10-7-11-19(3)12-8-13-20(4)14-9-15-21(5)16-23-24-22(6)17-25-23/h10,12,14,16,22H,7-9,11,13,15,17H2,1-6H3/b19-12+,20-14+,21-16+/t22-/m1/s1. The van der Waals surface area contributed by atoms with Crippen molar-refractivity contribution in [1.82, 2.24) is 0 Å². The lowest BCUT2D eigenvalue weighted by molar-refractivity contribution is 0.325. The molecule has 0 bridgehead atoms. The third-order valence-corrected chi connectivity index (χ3v) is 4.34. The van der Waals surface area contributed by atoms with Gasteiger partial charge in [-0.2, -0.15) is 0 Å². The molecule has 0 amide bonds. The second kappa shape index (κ2) is 11.9. The van der Waals surface area contributed by atoms with Gasteiger partial charge < -0.3 is 4.74 Å². The highest BCUT2D eigenvalue weighted by Crippen LogP contribution is 2.14. The Morgan fingerprint density at radius 2 is 1.40 bits per heavy atom. The zero-order valence-corrected chi connectivity index (χ0v) is 17.2. The van der Waals surface area contributed by atoms with Crippen molar-refractivity contribution in [3.63, 3.8) is 0 Å². The summed E-state index contributed by atoms with van der Waals surface area (Å²) in [6, 6.07) is 0.305. The number of allylic oxidation sites excluding steroid dienone is 7. The van der Waals surface area contributed by atoms with Gasteiger partial charge in [-0.15, -0.1) is 0 Å². The van der Waals surface area contributed by atoms with Gasteiger partial charge >= 0.3 is 0 Å². The molecule has 0 unspecified atom stereocenters. The van der Waals surface area contributed by atoms with Gasteiger partial charge in [-0.3, -0.25) is 0 Å². The second-order valence-corrected chi connectivity index (χ2v) is 7.62. The molecule has 1 aliphatic heterocycles. The van der Waals surface area contributed by atoms with Crippen LogP contribution in [0.5, 0.6) is 0 Å². The molecular weight excluding hydrogens is 306 g/mol. The molecule has 2 heteroatoms. The Bertz CT molecular complexity index is 557. The number of hydrogen-bond donors (Lipinski definition) is 0. The first-order valence-electron chi connectivity index (χ1n) is 9.69. The monoisotopic (exact) mass is 343 g/mol. The Labute approximate surface area is 155 Å². The number of aliphatic imine (C=N–C) groups is 1. The van der Waals surface area contributed by atoms with Crippen LogP contribution in [0, 0.1) is 0 Å². The molecule has 0 aromatic carbocycles. The van der Waals surface area contributed by atoms with Crippen LogP contribution in [0.15, 0.2) is 51.6 Å². The van der Waals surface area contributed by atoms with Crippen molar-refractivity contribution in [2.24, 2.45) is 4.99 Å². The van der Waals surface area contributed by atoms with Gasteiger partial charge in [0.2, 0.25) is 5.90 Å². The van der Waals surface area contributed by atoms with E-state index in [1.54, 1.807) is 0 Å². The highest BCUT2D eigenvalue weighted by atomic mass is 16.5. The van der Waals surface area contributed by atoms with E-state index >= 15 is 0 Å². The molecule has 0 fully saturated rings. The minimum absolute atomic E-state index is 0.305. The van der Waals surface area contributed by atoms with Gasteiger partial charge in [-0.05, 0) is 86.1 Å². The maximum atomic E-state index is 5.53. The van der Waals surface area contributed by atoms with E-state index in [0.717, 1.165) is 38.2 Å². The summed E-state index contributed by atoms with van der Waals surface area (Å²) in [6.07, 6.45) is 16.0. The first kappa shape index (κ1) is 21.5. The predicted molar refractivity (Wildman–Crippen MR) is 111 cm³/mol. The Morgan fingerprint density at radius 3 is 1.88 bits per heavy atom. The van der Waals surface area contributed by atoms with Crippen molar-refractivity contribution >= 4 is 5.90 Å². The zero-order chi connectivity index (χ0) is 18.7. The average Bonchev–Trinajstić information content (AvgIpc) is 2.91. The van der Waals surface area contributed by atoms with E-state index in [-0.39, 0.29) is 0 Å².